The summed E-state index contributed by atoms with van der Waals surface area (Å²) >= 11 is 0. The maximum Gasteiger partial charge on any atom is 0.339 e. The van der Waals surface area contributed by atoms with Gasteiger partial charge in [-0.05, 0) is 37.6 Å². The number of para-hydroxylation sites is 1. The molecule has 0 fully saturated rings. The minimum atomic E-state index is -0.413. The number of aromatic nitrogens is 3. The van der Waals surface area contributed by atoms with Gasteiger partial charge in [0.25, 0.3) is 5.56 Å². The number of ether oxygens (including phenoxy) is 1. The van der Waals surface area contributed by atoms with Crippen LogP contribution in [0, 0.1) is 6.92 Å². The second-order valence-corrected chi connectivity index (χ2v) is 5.36. The number of carbonyl (C=O) groups is 1. The van der Waals surface area contributed by atoms with Gasteiger partial charge in [-0.15, -0.1) is 0 Å². The molecule has 3 rings (SSSR count). The summed E-state index contributed by atoms with van der Waals surface area (Å²) in [5, 5.41) is 0.593. The molecule has 0 amide bonds. The first kappa shape index (κ1) is 15.9. The van der Waals surface area contributed by atoms with Gasteiger partial charge in [-0.2, -0.15) is 0 Å². The molecule has 0 saturated heterocycles. The van der Waals surface area contributed by atoms with E-state index >= 15 is 0 Å². The van der Waals surface area contributed by atoms with Crippen molar-refractivity contribution in [3.05, 3.63) is 70.5 Å². The van der Waals surface area contributed by atoms with Crippen molar-refractivity contribution >= 4 is 16.9 Å². The highest BCUT2D eigenvalue weighted by Gasteiger charge is 2.09. The summed E-state index contributed by atoms with van der Waals surface area (Å²) in [6, 6.07) is 10.6. The van der Waals surface area contributed by atoms with Crippen LogP contribution in [-0.4, -0.2) is 27.1 Å². The van der Waals surface area contributed by atoms with Gasteiger partial charge in [0.15, 0.2) is 0 Å². The van der Waals surface area contributed by atoms with Crippen LogP contribution in [0.1, 0.15) is 22.6 Å². The summed E-state index contributed by atoms with van der Waals surface area (Å²) in [5.41, 5.74) is 1.04. The summed E-state index contributed by atoms with van der Waals surface area (Å²) in [6.45, 7) is 2.48. The number of rotatable bonds is 5. The van der Waals surface area contributed by atoms with Crippen LogP contribution in [0.25, 0.3) is 10.9 Å². The van der Waals surface area contributed by atoms with E-state index in [1.807, 2.05) is 18.2 Å². The Hall–Kier alpha value is -3.02. The first-order valence-corrected chi connectivity index (χ1v) is 7.70. The fourth-order valence-corrected chi connectivity index (χ4v) is 2.50. The third-order valence-corrected chi connectivity index (χ3v) is 3.71. The highest BCUT2D eigenvalue weighted by atomic mass is 16.5. The lowest BCUT2D eigenvalue weighted by atomic mass is 10.2. The van der Waals surface area contributed by atoms with E-state index < -0.39 is 5.97 Å². The van der Waals surface area contributed by atoms with Crippen molar-refractivity contribution in [2.45, 2.75) is 19.9 Å². The molecule has 2 aromatic heterocycles. The Kier molecular flexibility index (Phi) is 4.65. The molecule has 0 spiro atoms. The van der Waals surface area contributed by atoms with E-state index in [0.717, 1.165) is 0 Å². The molecular weight excluding hydrogens is 306 g/mol. The van der Waals surface area contributed by atoms with Crippen molar-refractivity contribution in [1.82, 2.24) is 14.5 Å². The minimum Gasteiger partial charge on any atom is -0.462 e. The number of pyridine rings is 1. The molecule has 0 unspecified atom stereocenters. The molecule has 6 heteroatoms. The molecule has 6 nitrogen and oxygen atoms in total. The normalized spacial score (nSPS) is 10.7. The number of aryl methyl sites for hydroxylation is 1. The van der Waals surface area contributed by atoms with Crippen LogP contribution in [0.5, 0.6) is 0 Å². The fourth-order valence-electron chi connectivity index (χ4n) is 2.50. The van der Waals surface area contributed by atoms with E-state index in [1.54, 1.807) is 35.9 Å². The fraction of sp³-hybridized carbons (Fsp3) is 0.222. The number of carbonyl (C=O) groups excluding carboxylic acids is 1. The molecule has 0 aliphatic carbocycles. The molecule has 0 aliphatic rings. The van der Waals surface area contributed by atoms with Gasteiger partial charge in [0.2, 0.25) is 0 Å². The number of benzene rings is 1. The van der Waals surface area contributed by atoms with Gasteiger partial charge in [0.1, 0.15) is 5.82 Å². The molecule has 0 radical (unpaired) electrons. The quantitative estimate of drug-likeness (QED) is 0.532. The zero-order valence-electron chi connectivity index (χ0n) is 13.3. The number of esters is 1. The summed E-state index contributed by atoms with van der Waals surface area (Å²) < 4.78 is 6.81. The molecule has 0 aliphatic heterocycles. The van der Waals surface area contributed by atoms with Gasteiger partial charge < -0.3 is 4.74 Å². The highest BCUT2D eigenvalue weighted by molar-refractivity contribution is 5.88. The average molecular weight is 323 g/mol. The molecule has 0 N–H and O–H groups in total. The van der Waals surface area contributed by atoms with Gasteiger partial charge in [0.05, 0.1) is 23.1 Å². The monoisotopic (exact) mass is 323 g/mol. The Labute approximate surface area is 138 Å². The Morgan fingerprint density at radius 2 is 2.04 bits per heavy atom. The number of hydrogen-bond donors (Lipinski definition) is 0. The smallest absolute Gasteiger partial charge is 0.339 e. The summed E-state index contributed by atoms with van der Waals surface area (Å²) in [4.78, 5) is 32.7. The SMILES string of the molecule is Cc1nc2ccccc2c(=O)n1CCCOC(=O)c1cccnc1. The van der Waals surface area contributed by atoms with Crippen molar-refractivity contribution in [1.29, 1.82) is 0 Å². The van der Waals surface area contributed by atoms with Crippen LogP contribution in [0.3, 0.4) is 0 Å². The zero-order chi connectivity index (χ0) is 16.9. The van der Waals surface area contributed by atoms with E-state index in [-0.39, 0.29) is 12.2 Å². The Morgan fingerprint density at radius 3 is 2.83 bits per heavy atom. The predicted octanol–water partition coefficient (Wildman–Crippen LogP) is 2.35. The highest BCUT2D eigenvalue weighted by Crippen LogP contribution is 2.08. The summed E-state index contributed by atoms with van der Waals surface area (Å²) in [5.74, 6) is 0.237. The molecule has 0 atom stereocenters. The van der Waals surface area contributed by atoms with E-state index in [9.17, 15) is 9.59 Å². The van der Waals surface area contributed by atoms with Crippen LogP contribution in [0.2, 0.25) is 0 Å². The van der Waals surface area contributed by atoms with Crippen molar-refractivity contribution < 1.29 is 9.53 Å². The minimum absolute atomic E-state index is 0.0725. The van der Waals surface area contributed by atoms with Crippen LogP contribution in [-0.2, 0) is 11.3 Å². The Balaban J connectivity index is 1.64. The van der Waals surface area contributed by atoms with Crippen molar-refractivity contribution in [2.75, 3.05) is 6.61 Å². The first-order valence-electron chi connectivity index (χ1n) is 7.70. The van der Waals surface area contributed by atoms with Crippen LogP contribution >= 0.6 is 0 Å². The molecule has 3 aromatic rings. The van der Waals surface area contributed by atoms with E-state index in [4.69, 9.17) is 4.74 Å². The number of hydrogen-bond acceptors (Lipinski definition) is 5. The molecular formula is C18H17N3O3. The molecule has 0 saturated carbocycles. The second kappa shape index (κ2) is 7.04. The largest absolute Gasteiger partial charge is 0.462 e. The number of fused-ring (bicyclic) bond motifs is 1. The van der Waals surface area contributed by atoms with E-state index in [0.29, 0.717) is 35.3 Å². The van der Waals surface area contributed by atoms with Gasteiger partial charge in [-0.1, -0.05) is 12.1 Å². The third-order valence-electron chi connectivity index (χ3n) is 3.71. The van der Waals surface area contributed by atoms with Crippen molar-refractivity contribution in [2.24, 2.45) is 0 Å². The standard InChI is InChI=1S/C18H17N3O3/c1-13-20-16-8-3-2-7-15(16)17(22)21(13)10-5-11-24-18(23)14-6-4-9-19-12-14/h2-4,6-9,12H,5,10-11H2,1H3. The van der Waals surface area contributed by atoms with Gasteiger partial charge in [0, 0.05) is 18.9 Å². The van der Waals surface area contributed by atoms with Gasteiger partial charge >= 0.3 is 5.97 Å². The van der Waals surface area contributed by atoms with Gasteiger partial charge in [-0.25, -0.2) is 9.78 Å². The van der Waals surface area contributed by atoms with E-state index in [2.05, 4.69) is 9.97 Å². The average Bonchev–Trinajstić information content (AvgIpc) is 2.61. The Bertz CT molecular complexity index is 920. The lowest BCUT2D eigenvalue weighted by molar-refractivity contribution is 0.0495. The topological polar surface area (TPSA) is 74.1 Å². The Morgan fingerprint density at radius 1 is 1.21 bits per heavy atom. The summed E-state index contributed by atoms with van der Waals surface area (Å²) in [6.07, 6.45) is 3.59. The van der Waals surface area contributed by atoms with Crippen molar-refractivity contribution in [3.63, 3.8) is 0 Å². The number of nitrogens with zero attached hydrogens (tertiary/aromatic N) is 3. The van der Waals surface area contributed by atoms with Crippen molar-refractivity contribution in [3.8, 4) is 0 Å². The third kappa shape index (κ3) is 3.32. The zero-order valence-corrected chi connectivity index (χ0v) is 13.3. The molecule has 24 heavy (non-hydrogen) atoms. The molecule has 0 bridgehead atoms. The second-order valence-electron chi connectivity index (χ2n) is 5.36. The maximum atomic E-state index is 12.5. The van der Waals surface area contributed by atoms with Crippen LogP contribution in [0.15, 0.2) is 53.6 Å². The lowest BCUT2D eigenvalue weighted by Gasteiger charge is -2.11. The molecule has 2 heterocycles. The predicted molar refractivity (Wildman–Crippen MR) is 89.9 cm³/mol. The summed E-state index contributed by atoms with van der Waals surface area (Å²) in [7, 11) is 0. The lowest BCUT2D eigenvalue weighted by Crippen LogP contribution is -2.24. The first-order chi connectivity index (χ1) is 11.7. The van der Waals surface area contributed by atoms with Crippen LogP contribution in [0.4, 0.5) is 0 Å². The maximum absolute atomic E-state index is 12.5. The molecule has 1 aromatic carbocycles. The van der Waals surface area contributed by atoms with E-state index in [1.165, 1.54) is 6.20 Å². The van der Waals surface area contributed by atoms with Crippen LogP contribution < -0.4 is 5.56 Å². The van der Waals surface area contributed by atoms with Gasteiger partial charge in [-0.3, -0.25) is 14.3 Å². The molecule has 122 valence electrons.